The second-order valence-corrected chi connectivity index (χ2v) is 6.80. The largest absolute Gasteiger partial charge is 0.491 e. The maximum absolute atomic E-state index is 12.4. The Bertz CT molecular complexity index is 722. The third-order valence-electron chi connectivity index (χ3n) is 4.47. The van der Waals surface area contributed by atoms with Crippen molar-refractivity contribution in [1.29, 1.82) is 0 Å². The van der Waals surface area contributed by atoms with E-state index in [-0.39, 0.29) is 25.0 Å². The molecule has 2 aromatic rings. The van der Waals surface area contributed by atoms with E-state index >= 15 is 0 Å². The molecular formula is C22H29NO5. The fourth-order valence-electron chi connectivity index (χ4n) is 2.78. The summed E-state index contributed by atoms with van der Waals surface area (Å²) in [7, 11) is 0. The van der Waals surface area contributed by atoms with Gasteiger partial charge < -0.3 is 25.4 Å². The molecule has 3 atom stereocenters. The number of carbonyl (C=O) groups is 1. The van der Waals surface area contributed by atoms with E-state index in [1.54, 1.807) is 24.3 Å². The van der Waals surface area contributed by atoms with Crippen molar-refractivity contribution in [2.24, 2.45) is 0 Å². The van der Waals surface area contributed by atoms with Gasteiger partial charge in [0.15, 0.2) is 5.78 Å². The van der Waals surface area contributed by atoms with E-state index in [9.17, 15) is 15.0 Å². The van der Waals surface area contributed by atoms with Gasteiger partial charge in [-0.25, -0.2) is 0 Å². The molecule has 0 aliphatic carbocycles. The van der Waals surface area contributed by atoms with Gasteiger partial charge in [0, 0.05) is 18.0 Å². The monoisotopic (exact) mass is 387 g/mol. The molecule has 6 heteroatoms. The first-order chi connectivity index (χ1) is 13.5. The number of hydrogen-bond donors (Lipinski definition) is 4. The molecule has 0 saturated heterocycles. The van der Waals surface area contributed by atoms with Crippen molar-refractivity contribution < 1.29 is 24.9 Å². The van der Waals surface area contributed by atoms with Gasteiger partial charge in [-0.1, -0.05) is 42.5 Å². The lowest BCUT2D eigenvalue weighted by molar-refractivity contribution is 0.0536. The highest BCUT2D eigenvalue weighted by molar-refractivity contribution is 5.96. The maximum atomic E-state index is 12.4. The molecule has 4 N–H and O–H groups in total. The van der Waals surface area contributed by atoms with Crippen LogP contribution in [0.4, 0.5) is 0 Å². The van der Waals surface area contributed by atoms with Gasteiger partial charge in [0.2, 0.25) is 0 Å². The SMILES string of the molecule is CC(NCCCC(=O)c1cccc(OCC(O)CO)c1)C(O)c1ccccc1. The van der Waals surface area contributed by atoms with Crippen LogP contribution in [-0.4, -0.2) is 53.0 Å². The summed E-state index contributed by atoms with van der Waals surface area (Å²) in [5.41, 5.74) is 1.41. The van der Waals surface area contributed by atoms with Gasteiger partial charge in [-0.2, -0.15) is 0 Å². The number of ketones is 1. The minimum Gasteiger partial charge on any atom is -0.491 e. The number of aliphatic hydroxyl groups excluding tert-OH is 3. The zero-order valence-electron chi connectivity index (χ0n) is 16.1. The molecule has 2 rings (SSSR count). The fourth-order valence-corrected chi connectivity index (χ4v) is 2.78. The predicted octanol–water partition coefficient (Wildman–Crippen LogP) is 2.09. The minimum absolute atomic E-state index is 0.00576. The summed E-state index contributed by atoms with van der Waals surface area (Å²) in [6, 6.07) is 16.2. The lowest BCUT2D eigenvalue weighted by Gasteiger charge is -2.20. The van der Waals surface area contributed by atoms with Crippen molar-refractivity contribution in [3.05, 3.63) is 65.7 Å². The quantitative estimate of drug-likeness (QED) is 0.329. The number of Topliss-reactive ketones (excluding diaryl/α,β-unsaturated/α-hetero) is 1. The molecule has 0 bridgehead atoms. The molecule has 6 nitrogen and oxygen atoms in total. The summed E-state index contributed by atoms with van der Waals surface area (Å²) in [5.74, 6) is 0.488. The Balaban J connectivity index is 1.75. The van der Waals surface area contributed by atoms with E-state index < -0.39 is 12.2 Å². The first kappa shape index (κ1) is 22.0. The maximum Gasteiger partial charge on any atom is 0.163 e. The van der Waals surface area contributed by atoms with Gasteiger partial charge in [0.25, 0.3) is 0 Å². The van der Waals surface area contributed by atoms with Crippen LogP contribution < -0.4 is 10.1 Å². The summed E-state index contributed by atoms with van der Waals surface area (Å²) in [6.45, 7) is 2.14. The lowest BCUT2D eigenvalue weighted by atomic mass is 10.0. The number of aliphatic hydroxyl groups is 3. The summed E-state index contributed by atoms with van der Waals surface area (Å²) in [4.78, 5) is 12.4. The lowest BCUT2D eigenvalue weighted by Crippen LogP contribution is -2.33. The Labute approximate surface area is 165 Å². The second kappa shape index (κ2) is 11.6. The number of nitrogens with one attached hydrogen (secondary N) is 1. The zero-order chi connectivity index (χ0) is 20.4. The Morgan fingerprint density at radius 1 is 1.11 bits per heavy atom. The molecular weight excluding hydrogens is 358 g/mol. The van der Waals surface area contributed by atoms with Crippen LogP contribution in [0.1, 0.15) is 41.8 Å². The normalized spacial score (nSPS) is 14.3. The van der Waals surface area contributed by atoms with Crippen LogP contribution in [0.25, 0.3) is 0 Å². The molecule has 0 spiro atoms. The first-order valence-corrected chi connectivity index (χ1v) is 9.52. The molecule has 0 aliphatic rings. The van der Waals surface area contributed by atoms with E-state index in [0.717, 1.165) is 5.56 Å². The smallest absolute Gasteiger partial charge is 0.163 e. The Morgan fingerprint density at radius 2 is 1.86 bits per heavy atom. The van der Waals surface area contributed by atoms with E-state index in [0.29, 0.717) is 30.7 Å². The molecule has 0 amide bonds. The summed E-state index contributed by atoms with van der Waals surface area (Å²) >= 11 is 0. The number of ether oxygens (including phenoxy) is 1. The van der Waals surface area contributed by atoms with Crippen molar-refractivity contribution in [2.75, 3.05) is 19.8 Å². The van der Waals surface area contributed by atoms with Crippen molar-refractivity contribution in [3.8, 4) is 5.75 Å². The van der Waals surface area contributed by atoms with E-state index in [1.807, 2.05) is 37.3 Å². The zero-order valence-corrected chi connectivity index (χ0v) is 16.1. The van der Waals surface area contributed by atoms with Gasteiger partial charge in [-0.15, -0.1) is 0 Å². The molecule has 28 heavy (non-hydrogen) atoms. The Kier molecular flexibility index (Phi) is 9.10. The van der Waals surface area contributed by atoms with Crippen LogP contribution in [-0.2, 0) is 0 Å². The van der Waals surface area contributed by atoms with E-state index in [2.05, 4.69) is 5.32 Å². The van der Waals surface area contributed by atoms with Crippen LogP contribution in [0.2, 0.25) is 0 Å². The van der Waals surface area contributed by atoms with Crippen molar-refractivity contribution in [2.45, 2.75) is 38.0 Å². The Morgan fingerprint density at radius 3 is 2.57 bits per heavy atom. The molecule has 2 aromatic carbocycles. The van der Waals surface area contributed by atoms with Crippen LogP contribution in [0.15, 0.2) is 54.6 Å². The average Bonchev–Trinajstić information content (AvgIpc) is 2.74. The molecule has 0 fully saturated rings. The molecule has 0 aromatic heterocycles. The van der Waals surface area contributed by atoms with Crippen molar-refractivity contribution in [3.63, 3.8) is 0 Å². The van der Waals surface area contributed by atoms with Crippen molar-refractivity contribution >= 4 is 5.78 Å². The number of hydrogen-bond acceptors (Lipinski definition) is 6. The van der Waals surface area contributed by atoms with Gasteiger partial charge in [-0.3, -0.25) is 4.79 Å². The van der Waals surface area contributed by atoms with Gasteiger partial charge >= 0.3 is 0 Å². The third kappa shape index (κ3) is 7.05. The number of benzene rings is 2. The third-order valence-corrected chi connectivity index (χ3v) is 4.47. The summed E-state index contributed by atoms with van der Waals surface area (Å²) < 4.78 is 5.37. The van der Waals surface area contributed by atoms with Crippen LogP contribution in [0, 0.1) is 0 Å². The van der Waals surface area contributed by atoms with E-state index in [4.69, 9.17) is 9.84 Å². The van der Waals surface area contributed by atoms with Crippen LogP contribution in [0.5, 0.6) is 5.75 Å². The highest BCUT2D eigenvalue weighted by Gasteiger charge is 2.15. The topological polar surface area (TPSA) is 99.0 Å². The molecule has 0 saturated carbocycles. The molecule has 3 unspecified atom stereocenters. The molecule has 0 radical (unpaired) electrons. The first-order valence-electron chi connectivity index (χ1n) is 9.52. The molecule has 0 heterocycles. The second-order valence-electron chi connectivity index (χ2n) is 6.80. The summed E-state index contributed by atoms with van der Waals surface area (Å²) in [5, 5.41) is 31.7. The fraction of sp³-hybridized carbons (Fsp3) is 0.409. The van der Waals surface area contributed by atoms with Gasteiger partial charge in [-0.05, 0) is 37.6 Å². The highest BCUT2D eigenvalue weighted by Crippen LogP contribution is 2.17. The Hall–Kier alpha value is -2.25. The summed E-state index contributed by atoms with van der Waals surface area (Å²) in [6.07, 6.45) is -0.512. The number of rotatable bonds is 12. The molecule has 0 aliphatic heterocycles. The van der Waals surface area contributed by atoms with Gasteiger partial charge in [0.05, 0.1) is 12.7 Å². The van der Waals surface area contributed by atoms with Gasteiger partial charge in [0.1, 0.15) is 18.5 Å². The highest BCUT2D eigenvalue weighted by atomic mass is 16.5. The standard InChI is InChI=1S/C22H29NO5/c1-16(22(27)17-7-3-2-4-8-17)23-12-6-11-21(26)18-9-5-10-20(13-18)28-15-19(25)14-24/h2-5,7-10,13,16,19,22-25,27H,6,11-12,14-15H2,1H3. The number of carbonyl (C=O) groups excluding carboxylic acids is 1. The van der Waals surface area contributed by atoms with Crippen LogP contribution >= 0.6 is 0 Å². The average molecular weight is 387 g/mol. The van der Waals surface area contributed by atoms with Crippen molar-refractivity contribution in [1.82, 2.24) is 5.32 Å². The van der Waals surface area contributed by atoms with Crippen LogP contribution in [0.3, 0.4) is 0 Å². The predicted molar refractivity (Wildman–Crippen MR) is 107 cm³/mol. The molecule has 152 valence electrons. The van der Waals surface area contributed by atoms with E-state index in [1.165, 1.54) is 0 Å². The minimum atomic E-state index is -0.946.